The monoisotopic (exact) mass is 811 g/mol. The van der Waals surface area contributed by atoms with Crippen molar-refractivity contribution in [2.75, 3.05) is 26.4 Å². The molecule has 2 aliphatic heterocycles. The zero-order valence-electron chi connectivity index (χ0n) is 33.8. The van der Waals surface area contributed by atoms with Crippen molar-refractivity contribution >= 4 is 45.4 Å². The van der Waals surface area contributed by atoms with E-state index in [1.807, 2.05) is 24.7 Å². The quantitative estimate of drug-likeness (QED) is 0.0870. The van der Waals surface area contributed by atoms with Crippen LogP contribution in [-0.4, -0.2) is 87.7 Å². The average molecular weight is 812 g/mol. The smallest absolute Gasteiger partial charge is 0.262 e. The molecular formula is C47H49N5O8. The zero-order valence-corrected chi connectivity index (χ0v) is 33.8. The highest BCUT2D eigenvalue weighted by Crippen LogP contribution is 2.64. The summed E-state index contributed by atoms with van der Waals surface area (Å²) in [6.07, 6.45) is 15.6. The molecule has 5 fully saturated rings. The van der Waals surface area contributed by atoms with Crippen LogP contribution in [0.5, 0.6) is 11.6 Å². The van der Waals surface area contributed by atoms with E-state index in [9.17, 15) is 19.2 Å². The highest BCUT2D eigenvalue weighted by Gasteiger charge is 2.57. The Bertz CT molecular complexity index is 2500. The number of ether oxygens (including phenoxy) is 4. The molecule has 13 heteroatoms. The van der Waals surface area contributed by atoms with Crippen LogP contribution in [0, 0.1) is 10.8 Å². The number of aryl methyl sites for hydroxylation is 1. The number of benzene rings is 2. The topological polar surface area (TPSA) is 151 Å². The Morgan fingerprint density at radius 1 is 0.800 bits per heavy atom. The molecule has 2 aromatic carbocycles. The molecule has 1 saturated heterocycles. The lowest BCUT2D eigenvalue weighted by molar-refractivity contribution is -0.184. The number of carbonyl (C=O) groups is 4. The Hall–Kier alpha value is -5.66. The number of rotatable bonds is 15. The minimum atomic E-state index is -0.989. The molecule has 4 amide bonds. The van der Waals surface area contributed by atoms with E-state index in [0.717, 1.165) is 73.2 Å². The minimum absolute atomic E-state index is 0.0823. The van der Waals surface area contributed by atoms with Gasteiger partial charge < -0.3 is 23.5 Å². The molecule has 1 atom stereocenters. The van der Waals surface area contributed by atoms with Crippen molar-refractivity contribution < 1.29 is 38.1 Å². The van der Waals surface area contributed by atoms with E-state index in [2.05, 4.69) is 57.2 Å². The van der Waals surface area contributed by atoms with Crippen molar-refractivity contribution in [3.63, 3.8) is 0 Å². The van der Waals surface area contributed by atoms with Gasteiger partial charge in [-0.05, 0) is 97.7 Å². The molecule has 5 heterocycles. The summed E-state index contributed by atoms with van der Waals surface area (Å²) >= 11 is 0. The molecule has 3 aromatic heterocycles. The highest BCUT2D eigenvalue weighted by atomic mass is 16.5. The molecule has 4 saturated carbocycles. The van der Waals surface area contributed by atoms with E-state index in [-0.39, 0.29) is 47.0 Å². The number of aromatic nitrogens is 3. The van der Waals surface area contributed by atoms with Crippen LogP contribution in [0.25, 0.3) is 32.9 Å². The third-order valence-corrected chi connectivity index (χ3v) is 13.5. The van der Waals surface area contributed by atoms with Gasteiger partial charge in [0.25, 0.3) is 11.8 Å². The van der Waals surface area contributed by atoms with Crippen molar-refractivity contribution in [1.29, 1.82) is 0 Å². The minimum Gasteiger partial charge on any atom is -0.494 e. The van der Waals surface area contributed by atoms with Crippen LogP contribution < -0.4 is 14.8 Å². The second kappa shape index (κ2) is 15.4. The second-order valence-corrected chi connectivity index (χ2v) is 17.7. The summed E-state index contributed by atoms with van der Waals surface area (Å²) in [6, 6.07) is 16.4. The number of fused-ring (bicyclic) bond motifs is 6. The van der Waals surface area contributed by atoms with Gasteiger partial charge in [-0.25, -0.2) is 4.98 Å². The summed E-state index contributed by atoms with van der Waals surface area (Å²) in [7, 11) is 2.09. The Labute approximate surface area is 347 Å². The largest absolute Gasteiger partial charge is 0.494 e. The first-order valence-electron chi connectivity index (χ1n) is 21.3. The number of pyridine rings is 2. The van der Waals surface area contributed by atoms with Crippen LogP contribution in [0.15, 0.2) is 73.2 Å². The third-order valence-electron chi connectivity index (χ3n) is 13.5. The van der Waals surface area contributed by atoms with Gasteiger partial charge in [-0.2, -0.15) is 0 Å². The molecule has 1 N–H and O–H groups in total. The first kappa shape index (κ1) is 38.5. The molecule has 5 aromatic rings. The van der Waals surface area contributed by atoms with Crippen LogP contribution in [0.1, 0.15) is 91.3 Å². The number of nitrogens with zero attached hydrogens (tertiary/aromatic N) is 4. The SMILES string of the molecule is Cn1c2ccncc2c2ccc(-c3ccc(OC4CC(OCC56CCCC(COCCCCOc7ccc8c(c7)C(=O)N(C7CCC(=O)NC7=O)C8=O)(C5)C6)C4)nc3)cc21. The number of imide groups is 2. The van der Waals surface area contributed by atoms with E-state index in [1.165, 1.54) is 35.7 Å². The number of amides is 4. The Kier molecular flexibility index (Phi) is 9.91. The molecule has 0 radical (unpaired) electrons. The van der Waals surface area contributed by atoms with Crippen LogP contribution in [0.2, 0.25) is 0 Å². The number of carbonyl (C=O) groups excluding carboxylic acids is 4. The Balaban J connectivity index is 0.617. The van der Waals surface area contributed by atoms with Gasteiger partial charge in [-0.1, -0.05) is 18.6 Å². The van der Waals surface area contributed by atoms with Crippen molar-refractivity contribution in [3.8, 4) is 22.8 Å². The number of nitrogens with one attached hydrogen (secondary N) is 1. The van der Waals surface area contributed by atoms with Crippen molar-refractivity contribution in [2.24, 2.45) is 17.9 Å². The fourth-order valence-electron chi connectivity index (χ4n) is 10.5. The summed E-state index contributed by atoms with van der Waals surface area (Å²) in [5.74, 6) is -0.948. The molecular weight excluding hydrogens is 763 g/mol. The summed E-state index contributed by atoms with van der Waals surface area (Å²) in [6.45, 7) is 2.70. The fourth-order valence-corrected chi connectivity index (χ4v) is 10.5. The van der Waals surface area contributed by atoms with Gasteiger partial charge in [0.1, 0.15) is 17.9 Å². The van der Waals surface area contributed by atoms with Gasteiger partial charge in [-0.3, -0.25) is 34.4 Å². The maximum atomic E-state index is 13.1. The molecule has 4 aliphatic carbocycles. The highest BCUT2D eigenvalue weighted by molar-refractivity contribution is 6.23. The average Bonchev–Trinajstić information content (AvgIpc) is 3.66. The van der Waals surface area contributed by atoms with Crippen molar-refractivity contribution in [2.45, 2.75) is 88.9 Å². The summed E-state index contributed by atoms with van der Waals surface area (Å²) in [4.78, 5) is 59.9. The summed E-state index contributed by atoms with van der Waals surface area (Å²) < 4.78 is 27.0. The van der Waals surface area contributed by atoms with Gasteiger partial charge in [-0.15, -0.1) is 0 Å². The van der Waals surface area contributed by atoms with E-state index in [1.54, 1.807) is 18.2 Å². The number of hydrogen-bond acceptors (Lipinski definition) is 10. The molecule has 2 bridgehead atoms. The second-order valence-electron chi connectivity index (χ2n) is 17.7. The first-order chi connectivity index (χ1) is 29.2. The lowest BCUT2D eigenvalue weighted by Crippen LogP contribution is -2.55. The van der Waals surface area contributed by atoms with Crippen LogP contribution >= 0.6 is 0 Å². The summed E-state index contributed by atoms with van der Waals surface area (Å²) in [5, 5.41) is 4.57. The van der Waals surface area contributed by atoms with Crippen molar-refractivity contribution in [1.82, 2.24) is 24.8 Å². The van der Waals surface area contributed by atoms with Gasteiger partial charge >= 0.3 is 0 Å². The third kappa shape index (κ3) is 7.11. The molecule has 13 nitrogen and oxygen atoms in total. The van der Waals surface area contributed by atoms with E-state index in [0.29, 0.717) is 24.8 Å². The number of unbranched alkanes of at least 4 members (excludes halogenated alkanes) is 1. The van der Waals surface area contributed by atoms with Gasteiger partial charge in [0.15, 0.2) is 0 Å². The van der Waals surface area contributed by atoms with Gasteiger partial charge in [0.05, 0.1) is 42.6 Å². The van der Waals surface area contributed by atoms with Crippen LogP contribution in [-0.2, 0) is 26.1 Å². The number of piperidine rings is 1. The normalized spacial score (nSPS) is 25.9. The number of hydrogen-bond donors (Lipinski definition) is 1. The lowest BCUT2D eigenvalue weighted by Gasteiger charge is -2.61. The zero-order chi connectivity index (χ0) is 41.0. The molecule has 310 valence electrons. The molecule has 6 aliphatic rings. The van der Waals surface area contributed by atoms with Crippen molar-refractivity contribution in [3.05, 3.63) is 84.3 Å². The first-order valence-corrected chi connectivity index (χ1v) is 21.3. The predicted octanol–water partition coefficient (Wildman–Crippen LogP) is 6.94. The van der Waals surface area contributed by atoms with E-state index in [4.69, 9.17) is 18.9 Å². The van der Waals surface area contributed by atoms with Crippen LogP contribution in [0.3, 0.4) is 0 Å². The maximum Gasteiger partial charge on any atom is 0.262 e. The molecule has 0 spiro atoms. The fraction of sp³-hybridized carbons (Fsp3) is 0.447. The molecule has 60 heavy (non-hydrogen) atoms. The Morgan fingerprint density at radius 3 is 2.42 bits per heavy atom. The van der Waals surface area contributed by atoms with E-state index >= 15 is 0 Å². The maximum absolute atomic E-state index is 13.1. The van der Waals surface area contributed by atoms with Gasteiger partial charge in [0.2, 0.25) is 17.7 Å². The molecule has 1 unspecified atom stereocenters. The standard InChI is InChI=1S/C47H49N5O8/c1-51-38-13-16-48-24-37(38)34-8-5-29(19-40(34)51)30-6-12-42(49-23-30)60-33-20-32(21-33)59-28-47-15-4-14-46(25-47,26-47)27-57-17-2-3-18-58-31-7-9-35-36(22-31)45(56)52(44(35)55)39-10-11-41(53)50-43(39)54/h5-9,12-13,16,19,22-24,32-33,39H,2-4,10-11,14-15,17-18,20-21,25-28H2,1H3,(H,50,53,54). The predicted molar refractivity (Wildman–Crippen MR) is 221 cm³/mol. The Morgan fingerprint density at radius 2 is 1.60 bits per heavy atom. The summed E-state index contributed by atoms with van der Waals surface area (Å²) in [5.41, 5.74) is 5.49. The van der Waals surface area contributed by atoms with Gasteiger partial charge in [0, 0.05) is 79.4 Å². The van der Waals surface area contributed by atoms with Crippen LogP contribution in [0.4, 0.5) is 0 Å². The molecule has 11 rings (SSSR count). The lowest BCUT2D eigenvalue weighted by atomic mass is 9.46. The van der Waals surface area contributed by atoms with E-state index < -0.39 is 29.7 Å².